The molecule has 2 aromatic carbocycles. The number of halogens is 2. The number of hydrogen-bond donors (Lipinski definition) is 0. The number of hydrogen-bond acceptors (Lipinski definition) is 4. The molecule has 4 rings (SSSR count). The summed E-state index contributed by atoms with van der Waals surface area (Å²) >= 11 is 12.2. The van der Waals surface area contributed by atoms with Crippen molar-refractivity contribution in [2.75, 3.05) is 19.0 Å². The SMILES string of the molecule is O=S(=O)(CC1CCC2(CC1)OCCO2)c1ccc(-c2ccc(Cl)cc2Cl)cc1. The fourth-order valence-corrected chi connectivity index (χ4v) is 6.26. The highest BCUT2D eigenvalue weighted by atomic mass is 35.5. The topological polar surface area (TPSA) is 52.6 Å². The molecule has 0 amide bonds. The first-order chi connectivity index (χ1) is 13.4. The highest BCUT2D eigenvalue weighted by Crippen LogP contribution is 2.39. The van der Waals surface area contributed by atoms with Gasteiger partial charge in [-0.1, -0.05) is 41.4 Å². The quantitative estimate of drug-likeness (QED) is 0.641. The molecular formula is C21H22Cl2O4S. The first-order valence-electron chi connectivity index (χ1n) is 9.43. The van der Waals surface area contributed by atoms with Crippen LogP contribution in [0.5, 0.6) is 0 Å². The van der Waals surface area contributed by atoms with Crippen LogP contribution in [0.25, 0.3) is 11.1 Å². The van der Waals surface area contributed by atoms with E-state index in [-0.39, 0.29) is 11.7 Å². The Kier molecular flexibility index (Phi) is 5.73. The molecule has 0 aromatic heterocycles. The van der Waals surface area contributed by atoms with Gasteiger partial charge < -0.3 is 9.47 Å². The minimum absolute atomic E-state index is 0.133. The fourth-order valence-electron chi connectivity index (χ4n) is 4.04. The molecule has 0 N–H and O–H groups in total. The minimum atomic E-state index is -3.35. The summed E-state index contributed by atoms with van der Waals surface area (Å²) < 4.78 is 37.2. The average Bonchev–Trinajstić information content (AvgIpc) is 3.12. The van der Waals surface area contributed by atoms with E-state index in [1.807, 2.05) is 6.07 Å². The van der Waals surface area contributed by atoms with E-state index in [4.69, 9.17) is 32.7 Å². The summed E-state index contributed by atoms with van der Waals surface area (Å²) in [5.74, 6) is -0.169. The molecule has 0 bridgehead atoms. The number of benzene rings is 2. The molecule has 2 aliphatic rings. The van der Waals surface area contributed by atoms with Gasteiger partial charge in [-0.2, -0.15) is 0 Å². The Morgan fingerprint density at radius 3 is 2.21 bits per heavy atom. The molecule has 1 heterocycles. The van der Waals surface area contributed by atoms with Crippen LogP contribution in [0.1, 0.15) is 25.7 Å². The van der Waals surface area contributed by atoms with E-state index >= 15 is 0 Å². The monoisotopic (exact) mass is 440 g/mol. The largest absolute Gasteiger partial charge is 0.348 e. The van der Waals surface area contributed by atoms with Crippen molar-refractivity contribution in [1.29, 1.82) is 0 Å². The summed E-state index contributed by atoms with van der Waals surface area (Å²) in [6.07, 6.45) is 3.14. The zero-order valence-corrected chi connectivity index (χ0v) is 17.7. The van der Waals surface area contributed by atoms with Gasteiger partial charge in [-0.25, -0.2) is 8.42 Å². The van der Waals surface area contributed by atoms with Gasteiger partial charge in [0.25, 0.3) is 0 Å². The molecule has 0 radical (unpaired) electrons. The fraction of sp³-hybridized carbons (Fsp3) is 0.429. The summed E-state index contributed by atoms with van der Waals surface area (Å²) in [4.78, 5) is 0.343. The van der Waals surface area contributed by atoms with Crippen LogP contribution < -0.4 is 0 Å². The van der Waals surface area contributed by atoms with Crippen molar-refractivity contribution in [3.8, 4) is 11.1 Å². The lowest BCUT2D eigenvalue weighted by molar-refractivity contribution is -0.181. The Balaban J connectivity index is 1.44. The molecule has 1 saturated carbocycles. The van der Waals surface area contributed by atoms with Crippen LogP contribution in [0.15, 0.2) is 47.4 Å². The van der Waals surface area contributed by atoms with E-state index < -0.39 is 15.6 Å². The molecule has 1 aliphatic heterocycles. The number of rotatable bonds is 4. The van der Waals surface area contributed by atoms with Crippen molar-refractivity contribution in [3.63, 3.8) is 0 Å². The predicted octanol–water partition coefficient (Wildman–Crippen LogP) is 5.37. The minimum Gasteiger partial charge on any atom is -0.348 e. The van der Waals surface area contributed by atoms with E-state index in [1.165, 1.54) is 0 Å². The van der Waals surface area contributed by atoms with Gasteiger partial charge in [0.05, 0.1) is 23.9 Å². The summed E-state index contributed by atoms with van der Waals surface area (Å²) in [7, 11) is -3.35. The maximum Gasteiger partial charge on any atom is 0.178 e. The van der Waals surface area contributed by atoms with E-state index in [0.29, 0.717) is 28.2 Å². The Morgan fingerprint density at radius 1 is 0.964 bits per heavy atom. The number of ether oxygens (including phenoxy) is 2. The zero-order chi connectivity index (χ0) is 19.8. The summed E-state index contributed by atoms with van der Waals surface area (Å²) in [5, 5.41) is 1.10. The zero-order valence-electron chi connectivity index (χ0n) is 15.4. The van der Waals surface area contributed by atoms with E-state index in [1.54, 1.807) is 36.4 Å². The molecule has 0 unspecified atom stereocenters. The van der Waals surface area contributed by atoms with E-state index in [2.05, 4.69) is 0 Å². The Morgan fingerprint density at radius 2 is 1.61 bits per heavy atom. The standard InChI is InChI=1S/C21H22Cl2O4S/c22-17-3-6-19(20(23)13-17)16-1-4-18(5-2-16)28(24,25)14-15-7-9-21(10-8-15)26-11-12-27-21/h1-6,13,15H,7-12,14H2. The van der Waals surface area contributed by atoms with Crippen molar-refractivity contribution in [1.82, 2.24) is 0 Å². The normalized spacial score (nSPS) is 19.9. The van der Waals surface area contributed by atoms with Gasteiger partial charge in [0.2, 0.25) is 0 Å². The van der Waals surface area contributed by atoms with Crippen LogP contribution in [0.3, 0.4) is 0 Å². The summed E-state index contributed by atoms with van der Waals surface area (Å²) in [6.45, 7) is 1.26. The second-order valence-electron chi connectivity index (χ2n) is 7.48. The second-order valence-corrected chi connectivity index (χ2v) is 10.4. The lowest BCUT2D eigenvalue weighted by Crippen LogP contribution is -2.36. The van der Waals surface area contributed by atoms with Gasteiger partial charge in [-0.15, -0.1) is 0 Å². The number of sulfone groups is 1. The first-order valence-corrected chi connectivity index (χ1v) is 11.8. The van der Waals surface area contributed by atoms with E-state index in [9.17, 15) is 8.42 Å². The predicted molar refractivity (Wildman–Crippen MR) is 111 cm³/mol. The Labute approximate surface area is 175 Å². The van der Waals surface area contributed by atoms with Crippen molar-refractivity contribution < 1.29 is 17.9 Å². The maximum absolute atomic E-state index is 12.9. The van der Waals surface area contributed by atoms with Crippen molar-refractivity contribution >= 4 is 33.0 Å². The summed E-state index contributed by atoms with van der Waals surface area (Å²) in [5.41, 5.74) is 1.68. The summed E-state index contributed by atoms with van der Waals surface area (Å²) in [6, 6.07) is 12.2. The van der Waals surface area contributed by atoms with Crippen molar-refractivity contribution in [3.05, 3.63) is 52.5 Å². The van der Waals surface area contributed by atoms with Gasteiger partial charge in [-0.05, 0) is 48.6 Å². The molecule has 7 heteroatoms. The Bertz CT molecular complexity index is 941. The maximum atomic E-state index is 12.9. The molecule has 150 valence electrons. The van der Waals surface area contributed by atoms with Gasteiger partial charge >= 0.3 is 0 Å². The van der Waals surface area contributed by atoms with Crippen LogP contribution in [0, 0.1) is 5.92 Å². The molecule has 0 atom stereocenters. The molecule has 1 saturated heterocycles. The molecule has 28 heavy (non-hydrogen) atoms. The third kappa shape index (κ3) is 4.24. The molecule has 2 aromatic rings. The Hall–Kier alpha value is -1.11. The van der Waals surface area contributed by atoms with Crippen molar-refractivity contribution in [2.24, 2.45) is 5.92 Å². The molecular weight excluding hydrogens is 419 g/mol. The molecule has 2 fully saturated rings. The van der Waals surface area contributed by atoms with Gasteiger partial charge in [0.15, 0.2) is 15.6 Å². The van der Waals surface area contributed by atoms with E-state index in [0.717, 1.165) is 36.8 Å². The first kappa shape index (κ1) is 20.2. The smallest absolute Gasteiger partial charge is 0.178 e. The van der Waals surface area contributed by atoms with Crippen LogP contribution in [0.2, 0.25) is 10.0 Å². The van der Waals surface area contributed by atoms with Crippen LogP contribution in [0.4, 0.5) is 0 Å². The average molecular weight is 441 g/mol. The highest BCUT2D eigenvalue weighted by Gasteiger charge is 2.41. The highest BCUT2D eigenvalue weighted by molar-refractivity contribution is 7.91. The van der Waals surface area contributed by atoms with Crippen molar-refractivity contribution in [2.45, 2.75) is 36.4 Å². The van der Waals surface area contributed by atoms with Gasteiger partial charge in [0.1, 0.15) is 0 Å². The van der Waals surface area contributed by atoms with Crippen LogP contribution in [-0.2, 0) is 19.3 Å². The lowest BCUT2D eigenvalue weighted by Gasteiger charge is -2.35. The molecule has 1 spiro atoms. The van der Waals surface area contributed by atoms with Crippen LogP contribution in [-0.4, -0.2) is 33.2 Å². The van der Waals surface area contributed by atoms with Gasteiger partial charge in [0, 0.05) is 28.5 Å². The second kappa shape index (κ2) is 7.96. The van der Waals surface area contributed by atoms with Gasteiger partial charge in [-0.3, -0.25) is 0 Å². The molecule has 4 nitrogen and oxygen atoms in total. The third-order valence-corrected chi connectivity index (χ3v) is 8.04. The third-order valence-electron chi connectivity index (χ3n) is 5.59. The van der Waals surface area contributed by atoms with Crippen LogP contribution >= 0.6 is 23.2 Å². The lowest BCUT2D eigenvalue weighted by atomic mass is 9.86. The molecule has 1 aliphatic carbocycles.